The van der Waals surface area contributed by atoms with Crippen molar-refractivity contribution in [2.45, 2.75) is 39.2 Å². The lowest BCUT2D eigenvalue weighted by Gasteiger charge is -2.36. The lowest BCUT2D eigenvalue weighted by molar-refractivity contribution is -0.116. The monoisotopic (exact) mass is 440 g/mol. The molecule has 1 aliphatic heterocycles. The average Bonchev–Trinajstić information content (AvgIpc) is 2.77. The van der Waals surface area contributed by atoms with Crippen LogP contribution in [0.5, 0.6) is 5.75 Å². The standard InChI is InChI=1S/C24H32N4O4/c1-24(2,3)32-23(30)28-14-12-27(13-15-28)19-9-10-21(25-17-19)26-22(29)11-8-18-6-5-7-20(16-18)31-4/h5-7,9-10,16-17H,8,11-15H2,1-4H3,(H,25,26,29). The molecule has 32 heavy (non-hydrogen) atoms. The number of pyridine rings is 1. The van der Waals surface area contributed by atoms with E-state index in [1.165, 1.54) is 0 Å². The third-order valence-electron chi connectivity index (χ3n) is 5.09. The van der Waals surface area contributed by atoms with Gasteiger partial charge in [-0.05, 0) is 57.0 Å². The highest BCUT2D eigenvalue weighted by molar-refractivity contribution is 5.90. The molecule has 2 amide bonds. The molecule has 8 heteroatoms. The van der Waals surface area contributed by atoms with Gasteiger partial charge in [-0.3, -0.25) is 4.79 Å². The van der Waals surface area contributed by atoms with Crippen LogP contribution in [0.4, 0.5) is 16.3 Å². The number of nitrogens with zero attached hydrogens (tertiary/aromatic N) is 3. The minimum atomic E-state index is -0.494. The van der Waals surface area contributed by atoms with Crippen LogP contribution in [0.25, 0.3) is 0 Å². The Bertz CT molecular complexity index is 916. The van der Waals surface area contributed by atoms with E-state index in [0.29, 0.717) is 44.8 Å². The Morgan fingerprint density at radius 3 is 2.47 bits per heavy atom. The topological polar surface area (TPSA) is 84.0 Å². The predicted octanol–water partition coefficient (Wildman–Crippen LogP) is 3.72. The van der Waals surface area contributed by atoms with Crippen LogP contribution in [0.1, 0.15) is 32.8 Å². The number of methoxy groups -OCH3 is 1. The van der Waals surface area contributed by atoms with E-state index in [1.54, 1.807) is 24.3 Å². The second-order valence-electron chi connectivity index (χ2n) is 8.76. The highest BCUT2D eigenvalue weighted by Gasteiger charge is 2.26. The highest BCUT2D eigenvalue weighted by Crippen LogP contribution is 2.19. The molecular weight excluding hydrogens is 408 g/mol. The van der Waals surface area contributed by atoms with E-state index in [9.17, 15) is 9.59 Å². The highest BCUT2D eigenvalue weighted by atomic mass is 16.6. The number of aromatic nitrogens is 1. The van der Waals surface area contributed by atoms with E-state index >= 15 is 0 Å². The van der Waals surface area contributed by atoms with Crippen molar-refractivity contribution in [3.63, 3.8) is 0 Å². The zero-order valence-corrected chi connectivity index (χ0v) is 19.3. The number of benzene rings is 1. The molecule has 1 aliphatic rings. The molecule has 1 N–H and O–H groups in total. The molecule has 0 bridgehead atoms. The Morgan fingerprint density at radius 2 is 1.84 bits per heavy atom. The van der Waals surface area contributed by atoms with Gasteiger partial charge in [0.2, 0.25) is 5.91 Å². The van der Waals surface area contributed by atoms with Gasteiger partial charge in [0.1, 0.15) is 17.2 Å². The maximum atomic E-state index is 12.3. The molecule has 1 fully saturated rings. The van der Waals surface area contributed by atoms with Crippen molar-refractivity contribution in [3.8, 4) is 5.75 Å². The molecule has 2 heterocycles. The van der Waals surface area contributed by atoms with Gasteiger partial charge < -0.3 is 24.6 Å². The summed E-state index contributed by atoms with van der Waals surface area (Å²) < 4.78 is 10.7. The number of amides is 2. The summed E-state index contributed by atoms with van der Waals surface area (Å²) in [6.07, 6.45) is 2.47. The predicted molar refractivity (Wildman–Crippen MR) is 124 cm³/mol. The summed E-state index contributed by atoms with van der Waals surface area (Å²) >= 11 is 0. The first-order valence-electron chi connectivity index (χ1n) is 10.9. The first-order chi connectivity index (χ1) is 15.2. The van der Waals surface area contributed by atoms with Crippen LogP contribution in [0.15, 0.2) is 42.6 Å². The fourth-order valence-electron chi connectivity index (χ4n) is 3.41. The van der Waals surface area contributed by atoms with Gasteiger partial charge >= 0.3 is 6.09 Å². The first kappa shape index (κ1) is 23.4. The molecule has 3 rings (SSSR count). The Labute approximate surface area is 189 Å². The van der Waals surface area contributed by atoms with Crippen molar-refractivity contribution >= 4 is 23.5 Å². The summed E-state index contributed by atoms with van der Waals surface area (Å²) in [6, 6.07) is 11.5. The van der Waals surface area contributed by atoms with Gasteiger partial charge in [-0.2, -0.15) is 0 Å². The van der Waals surface area contributed by atoms with E-state index in [4.69, 9.17) is 9.47 Å². The maximum Gasteiger partial charge on any atom is 0.410 e. The SMILES string of the molecule is COc1cccc(CCC(=O)Nc2ccc(N3CCN(C(=O)OC(C)(C)C)CC3)cn2)c1. The molecule has 0 spiro atoms. The Morgan fingerprint density at radius 1 is 1.09 bits per heavy atom. The van der Waals surface area contributed by atoms with Crippen LogP contribution >= 0.6 is 0 Å². The molecule has 8 nitrogen and oxygen atoms in total. The Balaban J connectivity index is 1.46. The fraction of sp³-hybridized carbons (Fsp3) is 0.458. The van der Waals surface area contributed by atoms with Crippen LogP contribution < -0.4 is 15.0 Å². The molecule has 0 radical (unpaired) electrons. The zero-order chi connectivity index (χ0) is 23.1. The Hall–Kier alpha value is -3.29. The van der Waals surface area contributed by atoms with Gasteiger partial charge in [0, 0.05) is 32.6 Å². The summed E-state index contributed by atoms with van der Waals surface area (Å²) in [7, 11) is 1.63. The number of nitrogens with one attached hydrogen (secondary N) is 1. The number of ether oxygens (including phenoxy) is 2. The van der Waals surface area contributed by atoms with Gasteiger partial charge in [0.25, 0.3) is 0 Å². The minimum absolute atomic E-state index is 0.0842. The maximum absolute atomic E-state index is 12.3. The smallest absolute Gasteiger partial charge is 0.410 e. The number of carbonyl (C=O) groups excluding carboxylic acids is 2. The number of hydrogen-bond acceptors (Lipinski definition) is 6. The van der Waals surface area contributed by atoms with Gasteiger partial charge in [-0.1, -0.05) is 12.1 Å². The normalized spacial score (nSPS) is 14.1. The zero-order valence-electron chi connectivity index (χ0n) is 19.3. The van der Waals surface area contributed by atoms with Gasteiger partial charge in [0.05, 0.1) is 19.0 Å². The summed E-state index contributed by atoms with van der Waals surface area (Å²) in [5.41, 5.74) is 1.52. The van der Waals surface area contributed by atoms with Crippen LogP contribution in [-0.2, 0) is 16.0 Å². The van der Waals surface area contributed by atoms with E-state index < -0.39 is 5.60 Å². The van der Waals surface area contributed by atoms with Crippen molar-refractivity contribution < 1.29 is 19.1 Å². The quantitative estimate of drug-likeness (QED) is 0.737. The number of anilines is 2. The second-order valence-corrected chi connectivity index (χ2v) is 8.76. The van der Waals surface area contributed by atoms with Crippen molar-refractivity contribution in [1.29, 1.82) is 0 Å². The van der Waals surface area contributed by atoms with Crippen LogP contribution in [0, 0.1) is 0 Å². The largest absolute Gasteiger partial charge is 0.497 e. The third-order valence-corrected chi connectivity index (χ3v) is 5.09. The van der Waals surface area contributed by atoms with Crippen molar-refractivity contribution in [2.75, 3.05) is 43.5 Å². The van der Waals surface area contributed by atoms with Crippen LogP contribution in [0.2, 0.25) is 0 Å². The van der Waals surface area contributed by atoms with E-state index in [2.05, 4.69) is 15.2 Å². The van der Waals surface area contributed by atoms with E-state index in [0.717, 1.165) is 17.0 Å². The number of rotatable bonds is 6. The van der Waals surface area contributed by atoms with Crippen LogP contribution in [0.3, 0.4) is 0 Å². The molecular formula is C24H32N4O4. The van der Waals surface area contributed by atoms with Gasteiger partial charge in [0.15, 0.2) is 0 Å². The fourth-order valence-corrected chi connectivity index (χ4v) is 3.41. The van der Waals surface area contributed by atoms with Gasteiger partial charge in [-0.25, -0.2) is 9.78 Å². The molecule has 1 aromatic carbocycles. The summed E-state index contributed by atoms with van der Waals surface area (Å²) in [6.45, 7) is 8.19. The van der Waals surface area contributed by atoms with Crippen LogP contribution in [-0.4, -0.2) is 60.8 Å². The number of piperazine rings is 1. The molecule has 0 saturated carbocycles. The molecule has 0 atom stereocenters. The number of aryl methyl sites for hydroxylation is 1. The van der Waals surface area contributed by atoms with E-state index in [-0.39, 0.29) is 12.0 Å². The average molecular weight is 441 g/mol. The number of hydrogen-bond donors (Lipinski definition) is 1. The summed E-state index contributed by atoms with van der Waals surface area (Å²) in [5.74, 6) is 1.22. The first-order valence-corrected chi connectivity index (χ1v) is 10.9. The summed E-state index contributed by atoms with van der Waals surface area (Å²) in [4.78, 5) is 32.8. The molecule has 1 saturated heterocycles. The van der Waals surface area contributed by atoms with E-state index in [1.807, 2.05) is 51.1 Å². The minimum Gasteiger partial charge on any atom is -0.497 e. The number of carbonyl (C=O) groups is 2. The molecule has 1 aromatic heterocycles. The van der Waals surface area contributed by atoms with Gasteiger partial charge in [-0.15, -0.1) is 0 Å². The molecule has 0 unspecified atom stereocenters. The molecule has 172 valence electrons. The van der Waals surface area contributed by atoms with Crippen molar-refractivity contribution in [3.05, 3.63) is 48.2 Å². The second kappa shape index (κ2) is 10.3. The summed E-state index contributed by atoms with van der Waals surface area (Å²) in [5, 5.41) is 2.85. The third kappa shape index (κ3) is 6.87. The molecule has 2 aromatic rings. The van der Waals surface area contributed by atoms with Crippen molar-refractivity contribution in [2.24, 2.45) is 0 Å². The molecule has 0 aliphatic carbocycles. The van der Waals surface area contributed by atoms with Crippen molar-refractivity contribution in [1.82, 2.24) is 9.88 Å². The lowest BCUT2D eigenvalue weighted by Crippen LogP contribution is -2.50. The Kier molecular flexibility index (Phi) is 7.56. The lowest BCUT2D eigenvalue weighted by atomic mass is 10.1.